The standard InChI is InChI=1S/C3H3N3.C2H2N2S/c1-2-4-6-5-3-1;1-2-5-4-3-1/h1-3H;1-2H. The minimum absolute atomic E-state index is 1.35. The predicted molar refractivity (Wildman–Crippen MR) is 39.7 cm³/mol. The van der Waals surface area contributed by atoms with Crippen molar-refractivity contribution in [3.63, 3.8) is 0 Å². The van der Waals surface area contributed by atoms with Crippen LogP contribution in [0.3, 0.4) is 0 Å². The Balaban J connectivity index is 0.000000112. The molecule has 0 amide bonds. The number of nitrogens with zero attached hydrogens (tertiary/aromatic N) is 5. The highest BCUT2D eigenvalue weighted by Gasteiger charge is 1.61. The molecule has 0 aliphatic rings. The quantitative estimate of drug-likeness (QED) is 0.568. The number of rotatable bonds is 0. The van der Waals surface area contributed by atoms with Crippen LogP contribution in [0.4, 0.5) is 0 Å². The van der Waals surface area contributed by atoms with Crippen LogP contribution in [-0.4, -0.2) is 25.0 Å². The third kappa shape index (κ3) is 4.04. The van der Waals surface area contributed by atoms with E-state index in [9.17, 15) is 0 Å². The van der Waals surface area contributed by atoms with Gasteiger partial charge in [-0.05, 0) is 22.8 Å². The molecule has 0 bridgehead atoms. The highest BCUT2D eigenvalue weighted by molar-refractivity contribution is 7.03. The summed E-state index contributed by atoms with van der Waals surface area (Å²) in [6, 6.07) is 1.72. The summed E-state index contributed by atoms with van der Waals surface area (Å²) >= 11 is 1.35. The van der Waals surface area contributed by atoms with Gasteiger partial charge >= 0.3 is 0 Å². The SMILES string of the molecule is c1cnnnc1.c1csnn1. The molecule has 2 aromatic heterocycles. The average molecular weight is 167 g/mol. The Morgan fingerprint density at radius 1 is 0.909 bits per heavy atom. The van der Waals surface area contributed by atoms with Gasteiger partial charge < -0.3 is 0 Å². The molecule has 0 N–H and O–H groups in total. The molecule has 2 aromatic rings. The smallest absolute Gasteiger partial charge is 0.0620 e. The number of hydrogen-bond acceptors (Lipinski definition) is 6. The normalized spacial score (nSPS) is 8.00. The van der Waals surface area contributed by atoms with Crippen molar-refractivity contribution < 1.29 is 0 Å². The lowest BCUT2D eigenvalue weighted by Gasteiger charge is -1.68. The fourth-order valence-electron chi connectivity index (χ4n) is 0.341. The van der Waals surface area contributed by atoms with Crippen molar-refractivity contribution in [3.8, 4) is 0 Å². The zero-order valence-electron chi connectivity index (χ0n) is 5.53. The van der Waals surface area contributed by atoms with E-state index in [1.807, 2.05) is 5.38 Å². The van der Waals surface area contributed by atoms with Crippen LogP contribution in [0.1, 0.15) is 0 Å². The van der Waals surface area contributed by atoms with Crippen molar-refractivity contribution in [1.29, 1.82) is 0 Å². The van der Waals surface area contributed by atoms with Crippen LogP contribution in [0.25, 0.3) is 0 Å². The summed E-state index contributed by atoms with van der Waals surface area (Å²) in [7, 11) is 0. The van der Waals surface area contributed by atoms with Gasteiger partial charge in [-0.2, -0.15) is 0 Å². The maximum absolute atomic E-state index is 3.51. The van der Waals surface area contributed by atoms with Crippen LogP contribution in [-0.2, 0) is 0 Å². The molecule has 0 saturated heterocycles. The van der Waals surface area contributed by atoms with Crippen LogP contribution in [0, 0.1) is 0 Å². The largest absolute Gasteiger partial charge is 0.147 e. The second-order valence-electron chi connectivity index (χ2n) is 1.40. The molecule has 6 heteroatoms. The van der Waals surface area contributed by atoms with Gasteiger partial charge in [0.25, 0.3) is 0 Å². The van der Waals surface area contributed by atoms with Crippen LogP contribution >= 0.6 is 11.5 Å². The van der Waals surface area contributed by atoms with Crippen molar-refractivity contribution in [2.24, 2.45) is 0 Å². The summed E-state index contributed by atoms with van der Waals surface area (Å²) in [4.78, 5) is 0. The molecule has 0 fully saturated rings. The summed E-state index contributed by atoms with van der Waals surface area (Å²) in [5, 5.41) is 15.4. The Labute approximate surface area is 67.3 Å². The molecular formula is C5H5N5S. The summed E-state index contributed by atoms with van der Waals surface area (Å²) in [5.41, 5.74) is 0. The van der Waals surface area contributed by atoms with Gasteiger partial charge in [0.15, 0.2) is 0 Å². The van der Waals surface area contributed by atoms with Gasteiger partial charge in [0, 0.05) is 5.38 Å². The van der Waals surface area contributed by atoms with Crippen LogP contribution in [0.5, 0.6) is 0 Å². The van der Waals surface area contributed by atoms with E-state index in [2.05, 4.69) is 25.0 Å². The third-order valence-electron chi connectivity index (χ3n) is 0.691. The molecule has 11 heavy (non-hydrogen) atoms. The van der Waals surface area contributed by atoms with Crippen molar-refractivity contribution in [3.05, 3.63) is 30.0 Å². The average Bonchev–Trinajstić information content (AvgIpc) is 2.64. The minimum Gasteiger partial charge on any atom is -0.147 e. The van der Waals surface area contributed by atoms with Crippen molar-refractivity contribution in [1.82, 2.24) is 25.0 Å². The van der Waals surface area contributed by atoms with Gasteiger partial charge in [-0.3, -0.25) is 0 Å². The van der Waals surface area contributed by atoms with Gasteiger partial charge in [0.05, 0.1) is 18.6 Å². The van der Waals surface area contributed by atoms with E-state index in [0.29, 0.717) is 0 Å². The molecule has 5 nitrogen and oxygen atoms in total. The fourth-order valence-corrected chi connectivity index (χ4v) is 0.613. The lowest BCUT2D eigenvalue weighted by atomic mass is 10.7. The number of hydrogen-bond donors (Lipinski definition) is 0. The second kappa shape index (κ2) is 5.36. The molecular weight excluding hydrogens is 162 g/mol. The van der Waals surface area contributed by atoms with Gasteiger partial charge in [-0.1, -0.05) is 4.49 Å². The molecule has 0 spiro atoms. The molecule has 56 valence electrons. The molecule has 0 aliphatic heterocycles. The van der Waals surface area contributed by atoms with E-state index in [1.165, 1.54) is 11.5 Å². The Kier molecular flexibility index (Phi) is 3.74. The van der Waals surface area contributed by atoms with Crippen molar-refractivity contribution >= 4 is 11.5 Å². The molecule has 2 heterocycles. The Hall–Kier alpha value is -1.43. The lowest BCUT2D eigenvalue weighted by molar-refractivity contribution is 0.865. The van der Waals surface area contributed by atoms with Crippen molar-refractivity contribution in [2.45, 2.75) is 0 Å². The maximum atomic E-state index is 3.51. The summed E-state index contributed by atoms with van der Waals surface area (Å²) in [6.45, 7) is 0. The van der Waals surface area contributed by atoms with Crippen LogP contribution in [0.2, 0.25) is 0 Å². The third-order valence-corrected chi connectivity index (χ3v) is 1.12. The Morgan fingerprint density at radius 2 is 1.73 bits per heavy atom. The highest BCUT2D eigenvalue weighted by atomic mass is 32.1. The van der Waals surface area contributed by atoms with E-state index in [0.717, 1.165) is 0 Å². The summed E-state index contributed by atoms with van der Waals surface area (Å²) < 4.78 is 3.51. The predicted octanol–water partition coefficient (Wildman–Crippen LogP) is 0.410. The second-order valence-corrected chi connectivity index (χ2v) is 2.04. The van der Waals surface area contributed by atoms with E-state index in [4.69, 9.17) is 0 Å². The first-order valence-corrected chi connectivity index (χ1v) is 3.63. The summed E-state index contributed by atoms with van der Waals surface area (Å²) in [6.07, 6.45) is 4.81. The zero-order valence-corrected chi connectivity index (χ0v) is 6.35. The molecule has 0 saturated carbocycles. The zero-order chi connectivity index (χ0) is 7.78. The lowest BCUT2D eigenvalue weighted by Crippen LogP contribution is -1.78. The van der Waals surface area contributed by atoms with Gasteiger partial charge in [0.1, 0.15) is 0 Å². The van der Waals surface area contributed by atoms with Crippen LogP contribution < -0.4 is 0 Å². The van der Waals surface area contributed by atoms with E-state index >= 15 is 0 Å². The molecule has 2 rings (SSSR count). The van der Waals surface area contributed by atoms with E-state index in [-0.39, 0.29) is 0 Å². The Bertz CT molecular complexity index is 201. The van der Waals surface area contributed by atoms with E-state index in [1.54, 1.807) is 24.7 Å². The van der Waals surface area contributed by atoms with Crippen molar-refractivity contribution in [2.75, 3.05) is 0 Å². The fraction of sp³-hybridized carbons (Fsp3) is 0. The van der Waals surface area contributed by atoms with Gasteiger partial charge in [-0.15, -0.1) is 15.3 Å². The minimum atomic E-state index is 1.35. The maximum Gasteiger partial charge on any atom is 0.0620 e. The topological polar surface area (TPSA) is 64.5 Å². The first-order chi connectivity index (χ1) is 5.50. The monoisotopic (exact) mass is 167 g/mol. The number of aromatic nitrogens is 5. The van der Waals surface area contributed by atoms with E-state index < -0.39 is 0 Å². The molecule has 0 aromatic carbocycles. The molecule has 0 atom stereocenters. The molecule has 0 radical (unpaired) electrons. The first kappa shape index (κ1) is 7.67. The Morgan fingerprint density at radius 3 is 1.91 bits per heavy atom. The van der Waals surface area contributed by atoms with Gasteiger partial charge in [-0.25, -0.2) is 0 Å². The first-order valence-electron chi connectivity index (χ1n) is 2.79. The summed E-state index contributed by atoms with van der Waals surface area (Å²) in [5.74, 6) is 0. The van der Waals surface area contributed by atoms with Gasteiger partial charge in [0.2, 0.25) is 0 Å². The molecule has 0 unspecified atom stereocenters. The highest BCUT2D eigenvalue weighted by Crippen LogP contribution is 1.78. The molecule has 0 aliphatic carbocycles. The van der Waals surface area contributed by atoms with Crippen LogP contribution in [0.15, 0.2) is 30.0 Å².